The molecule has 0 saturated carbocycles. The Hall–Kier alpha value is -1.84. The van der Waals surface area contributed by atoms with Gasteiger partial charge in [-0.05, 0) is 19.1 Å². The molecule has 0 radical (unpaired) electrons. The standard InChI is InChI=1S/C11H13N3O/c1-9-7-11(14-8-13-9)12-5-4-10-3-2-6-15-10/h2-3,6-8H,4-5H2,1H3,(H,12,13,14). The average Bonchev–Trinajstić information content (AvgIpc) is 2.71. The summed E-state index contributed by atoms with van der Waals surface area (Å²) in [4.78, 5) is 8.13. The quantitative estimate of drug-likeness (QED) is 0.826. The van der Waals surface area contributed by atoms with Crippen LogP contribution in [0.1, 0.15) is 11.5 Å². The number of aromatic nitrogens is 2. The Kier molecular flexibility index (Phi) is 2.97. The fourth-order valence-electron chi connectivity index (χ4n) is 1.32. The van der Waals surface area contributed by atoms with E-state index in [0.717, 1.165) is 30.2 Å². The Labute approximate surface area is 88.4 Å². The van der Waals surface area contributed by atoms with Gasteiger partial charge in [0.2, 0.25) is 0 Å². The fraction of sp³-hybridized carbons (Fsp3) is 0.273. The summed E-state index contributed by atoms with van der Waals surface area (Å²) in [7, 11) is 0. The molecule has 0 aliphatic heterocycles. The molecule has 0 fully saturated rings. The van der Waals surface area contributed by atoms with E-state index < -0.39 is 0 Å². The predicted octanol–water partition coefficient (Wildman–Crippen LogP) is 2.03. The molecule has 1 N–H and O–H groups in total. The molecule has 2 rings (SSSR count). The first-order valence-corrected chi connectivity index (χ1v) is 4.89. The van der Waals surface area contributed by atoms with Crippen LogP contribution < -0.4 is 5.32 Å². The summed E-state index contributed by atoms with van der Waals surface area (Å²) in [6.45, 7) is 2.75. The number of hydrogen-bond acceptors (Lipinski definition) is 4. The molecule has 0 atom stereocenters. The first kappa shape index (κ1) is 9.71. The lowest BCUT2D eigenvalue weighted by Gasteiger charge is -2.03. The van der Waals surface area contributed by atoms with E-state index >= 15 is 0 Å². The minimum atomic E-state index is 0.809. The zero-order valence-corrected chi connectivity index (χ0v) is 8.60. The third-order valence-electron chi connectivity index (χ3n) is 2.06. The van der Waals surface area contributed by atoms with E-state index in [9.17, 15) is 0 Å². The highest BCUT2D eigenvalue weighted by atomic mass is 16.3. The normalized spacial score (nSPS) is 10.2. The van der Waals surface area contributed by atoms with Crippen LogP contribution in [0, 0.1) is 6.92 Å². The second kappa shape index (κ2) is 4.59. The monoisotopic (exact) mass is 203 g/mol. The van der Waals surface area contributed by atoms with Crippen LogP contribution in [-0.4, -0.2) is 16.5 Å². The Balaban J connectivity index is 1.83. The first-order valence-electron chi connectivity index (χ1n) is 4.89. The van der Waals surface area contributed by atoms with E-state index in [-0.39, 0.29) is 0 Å². The van der Waals surface area contributed by atoms with E-state index in [2.05, 4.69) is 15.3 Å². The summed E-state index contributed by atoms with van der Waals surface area (Å²) in [6.07, 6.45) is 4.10. The van der Waals surface area contributed by atoms with Crippen LogP contribution in [0.5, 0.6) is 0 Å². The summed E-state index contributed by atoms with van der Waals surface area (Å²) in [5, 5.41) is 3.21. The van der Waals surface area contributed by atoms with Gasteiger partial charge in [0.15, 0.2) is 0 Å². The van der Waals surface area contributed by atoms with Gasteiger partial charge in [-0.2, -0.15) is 0 Å². The number of rotatable bonds is 4. The minimum Gasteiger partial charge on any atom is -0.469 e. The highest BCUT2D eigenvalue weighted by Gasteiger charge is 1.97. The summed E-state index contributed by atoms with van der Waals surface area (Å²) in [6, 6.07) is 5.78. The molecule has 4 nitrogen and oxygen atoms in total. The maximum atomic E-state index is 5.22. The van der Waals surface area contributed by atoms with Crippen molar-refractivity contribution in [2.45, 2.75) is 13.3 Å². The molecule has 2 aromatic heterocycles. The summed E-state index contributed by atoms with van der Waals surface area (Å²) in [5.74, 6) is 1.84. The van der Waals surface area contributed by atoms with Crippen LogP contribution in [0.25, 0.3) is 0 Å². The third kappa shape index (κ3) is 2.80. The van der Waals surface area contributed by atoms with Crippen molar-refractivity contribution >= 4 is 5.82 Å². The van der Waals surface area contributed by atoms with E-state index in [1.54, 1.807) is 12.6 Å². The minimum absolute atomic E-state index is 0.809. The van der Waals surface area contributed by atoms with Crippen molar-refractivity contribution in [3.05, 3.63) is 42.2 Å². The average molecular weight is 203 g/mol. The molecular weight excluding hydrogens is 190 g/mol. The Bertz CT molecular complexity index is 412. The van der Waals surface area contributed by atoms with Gasteiger partial charge in [0, 0.05) is 24.7 Å². The van der Waals surface area contributed by atoms with Gasteiger partial charge >= 0.3 is 0 Å². The lowest BCUT2D eigenvalue weighted by molar-refractivity contribution is 0.513. The molecule has 78 valence electrons. The van der Waals surface area contributed by atoms with E-state index in [0.29, 0.717) is 0 Å². The van der Waals surface area contributed by atoms with Crippen LogP contribution in [0.3, 0.4) is 0 Å². The van der Waals surface area contributed by atoms with Crippen molar-refractivity contribution in [3.63, 3.8) is 0 Å². The lowest BCUT2D eigenvalue weighted by atomic mass is 10.3. The SMILES string of the molecule is Cc1cc(NCCc2ccco2)ncn1. The third-order valence-corrected chi connectivity index (χ3v) is 2.06. The van der Waals surface area contributed by atoms with Gasteiger partial charge in [-0.25, -0.2) is 9.97 Å². The number of furan rings is 1. The van der Waals surface area contributed by atoms with Gasteiger partial charge < -0.3 is 9.73 Å². The van der Waals surface area contributed by atoms with E-state index in [4.69, 9.17) is 4.42 Å². The van der Waals surface area contributed by atoms with Crippen molar-refractivity contribution in [3.8, 4) is 0 Å². The highest BCUT2D eigenvalue weighted by molar-refractivity contribution is 5.34. The fourth-order valence-corrected chi connectivity index (χ4v) is 1.32. The van der Waals surface area contributed by atoms with Gasteiger partial charge in [0.05, 0.1) is 6.26 Å². The number of nitrogens with zero attached hydrogens (tertiary/aromatic N) is 2. The Morgan fingerprint density at radius 2 is 2.33 bits per heavy atom. The second-order valence-electron chi connectivity index (χ2n) is 3.30. The van der Waals surface area contributed by atoms with Gasteiger partial charge in [0.1, 0.15) is 17.9 Å². The lowest BCUT2D eigenvalue weighted by Crippen LogP contribution is -2.06. The van der Waals surface area contributed by atoms with Gasteiger partial charge in [-0.1, -0.05) is 0 Å². The number of nitrogens with one attached hydrogen (secondary N) is 1. The largest absolute Gasteiger partial charge is 0.469 e. The predicted molar refractivity (Wildman–Crippen MR) is 57.7 cm³/mol. The van der Waals surface area contributed by atoms with Crippen molar-refractivity contribution < 1.29 is 4.42 Å². The zero-order valence-electron chi connectivity index (χ0n) is 8.60. The molecule has 15 heavy (non-hydrogen) atoms. The molecule has 2 aromatic rings. The maximum absolute atomic E-state index is 5.22. The Morgan fingerprint density at radius 1 is 1.40 bits per heavy atom. The molecule has 0 aliphatic rings. The van der Waals surface area contributed by atoms with Crippen molar-refractivity contribution in [2.75, 3.05) is 11.9 Å². The number of aryl methyl sites for hydroxylation is 1. The molecule has 0 amide bonds. The number of anilines is 1. The van der Waals surface area contributed by atoms with Gasteiger partial charge in [0.25, 0.3) is 0 Å². The molecule has 2 heterocycles. The summed E-state index contributed by atoms with van der Waals surface area (Å²) in [5.41, 5.74) is 0.963. The molecule has 0 aliphatic carbocycles. The highest BCUT2D eigenvalue weighted by Crippen LogP contribution is 2.04. The Morgan fingerprint density at radius 3 is 3.07 bits per heavy atom. The molecule has 0 spiro atoms. The van der Waals surface area contributed by atoms with Crippen LogP contribution in [-0.2, 0) is 6.42 Å². The van der Waals surface area contributed by atoms with Gasteiger partial charge in [-0.3, -0.25) is 0 Å². The van der Waals surface area contributed by atoms with E-state index in [1.165, 1.54) is 0 Å². The van der Waals surface area contributed by atoms with Crippen LogP contribution in [0.15, 0.2) is 35.2 Å². The summed E-state index contributed by atoms with van der Waals surface area (Å²) >= 11 is 0. The first-order chi connectivity index (χ1) is 7.34. The van der Waals surface area contributed by atoms with Crippen molar-refractivity contribution in [2.24, 2.45) is 0 Å². The second-order valence-corrected chi connectivity index (χ2v) is 3.30. The molecular formula is C11H13N3O. The van der Waals surface area contributed by atoms with Crippen molar-refractivity contribution in [1.29, 1.82) is 0 Å². The van der Waals surface area contributed by atoms with E-state index in [1.807, 2.05) is 25.1 Å². The van der Waals surface area contributed by atoms with Crippen molar-refractivity contribution in [1.82, 2.24) is 9.97 Å². The molecule has 0 unspecified atom stereocenters. The topological polar surface area (TPSA) is 51.0 Å². The zero-order chi connectivity index (χ0) is 10.5. The summed E-state index contributed by atoms with van der Waals surface area (Å²) < 4.78 is 5.22. The van der Waals surface area contributed by atoms with Gasteiger partial charge in [-0.15, -0.1) is 0 Å². The molecule has 0 bridgehead atoms. The smallest absolute Gasteiger partial charge is 0.129 e. The van der Waals surface area contributed by atoms with Crippen LogP contribution in [0.4, 0.5) is 5.82 Å². The van der Waals surface area contributed by atoms with Crippen LogP contribution >= 0.6 is 0 Å². The molecule has 0 aromatic carbocycles. The number of hydrogen-bond donors (Lipinski definition) is 1. The molecule has 0 saturated heterocycles. The van der Waals surface area contributed by atoms with Crippen LogP contribution in [0.2, 0.25) is 0 Å². The maximum Gasteiger partial charge on any atom is 0.129 e. The molecule has 4 heteroatoms.